The number of rotatable bonds is 10. The summed E-state index contributed by atoms with van der Waals surface area (Å²) < 4.78 is 49.0. The van der Waals surface area contributed by atoms with Gasteiger partial charge in [-0.05, 0) is 37.6 Å². The lowest BCUT2D eigenvalue weighted by Crippen LogP contribution is -2.21. The number of hydrogen-bond donors (Lipinski definition) is 3. The van der Waals surface area contributed by atoms with Crippen LogP contribution in [0.4, 0.5) is 18.9 Å². The smallest absolute Gasteiger partial charge is 0.394 e. The van der Waals surface area contributed by atoms with E-state index in [0.717, 1.165) is 0 Å². The molecule has 0 aromatic heterocycles. The number of carbonyl (C=O) groups excluding carboxylic acids is 2. The van der Waals surface area contributed by atoms with Crippen molar-refractivity contribution in [2.75, 3.05) is 18.5 Å². The molecule has 0 spiro atoms. The SMILES string of the molecule is CC(=O)c1ccc(OCCCOc2cccc(NC(=O)C(=O)O)c2)c(CCC(F)(F)F)c1O. The van der Waals surface area contributed by atoms with Crippen LogP contribution >= 0.6 is 0 Å². The number of Topliss-reactive ketones (excluding diaryl/α,β-unsaturated/α-hetero) is 1. The number of anilines is 1. The Balaban J connectivity index is 1.95. The van der Waals surface area contributed by atoms with E-state index in [1.807, 2.05) is 0 Å². The molecule has 0 fully saturated rings. The van der Waals surface area contributed by atoms with Gasteiger partial charge in [-0.25, -0.2) is 4.79 Å². The molecule has 33 heavy (non-hydrogen) atoms. The minimum Gasteiger partial charge on any atom is -0.507 e. The quantitative estimate of drug-likeness (QED) is 0.274. The number of carboxylic acids is 1. The van der Waals surface area contributed by atoms with Gasteiger partial charge < -0.3 is 25.0 Å². The van der Waals surface area contributed by atoms with Gasteiger partial charge in [0, 0.05) is 30.2 Å². The molecule has 0 aliphatic heterocycles. The number of aromatic hydroxyl groups is 1. The number of ether oxygens (including phenoxy) is 2. The van der Waals surface area contributed by atoms with Gasteiger partial charge >= 0.3 is 18.1 Å². The average molecular weight is 469 g/mol. The van der Waals surface area contributed by atoms with E-state index >= 15 is 0 Å². The number of hydrogen-bond acceptors (Lipinski definition) is 6. The van der Waals surface area contributed by atoms with Crippen LogP contribution in [0.1, 0.15) is 35.7 Å². The largest absolute Gasteiger partial charge is 0.507 e. The zero-order valence-electron chi connectivity index (χ0n) is 17.6. The number of alkyl halides is 3. The molecule has 0 aliphatic rings. The monoisotopic (exact) mass is 469 g/mol. The lowest BCUT2D eigenvalue weighted by Gasteiger charge is -2.16. The van der Waals surface area contributed by atoms with Gasteiger partial charge in [0.1, 0.15) is 17.2 Å². The first kappa shape index (κ1) is 25.5. The van der Waals surface area contributed by atoms with Gasteiger partial charge in [0.15, 0.2) is 5.78 Å². The molecule has 0 heterocycles. The van der Waals surface area contributed by atoms with Crippen molar-refractivity contribution in [1.82, 2.24) is 0 Å². The Morgan fingerprint density at radius 1 is 1.06 bits per heavy atom. The number of benzene rings is 2. The van der Waals surface area contributed by atoms with Crippen LogP contribution in [0.2, 0.25) is 0 Å². The highest BCUT2D eigenvalue weighted by Gasteiger charge is 2.28. The first-order valence-electron chi connectivity index (χ1n) is 9.80. The molecule has 0 saturated carbocycles. The van der Waals surface area contributed by atoms with Crippen LogP contribution in [-0.4, -0.2) is 47.3 Å². The summed E-state index contributed by atoms with van der Waals surface area (Å²) in [5.41, 5.74) is 0.0482. The molecule has 0 atom stereocenters. The van der Waals surface area contributed by atoms with Crippen LogP contribution in [0.3, 0.4) is 0 Å². The Morgan fingerprint density at radius 3 is 2.39 bits per heavy atom. The van der Waals surface area contributed by atoms with Crippen molar-refractivity contribution >= 4 is 23.3 Å². The molecule has 1 amide bonds. The Kier molecular flexibility index (Phi) is 8.66. The summed E-state index contributed by atoms with van der Waals surface area (Å²) in [6.07, 6.45) is -5.85. The van der Waals surface area contributed by atoms with Gasteiger partial charge in [-0.2, -0.15) is 13.2 Å². The van der Waals surface area contributed by atoms with E-state index in [9.17, 15) is 32.7 Å². The Hall–Kier alpha value is -3.76. The van der Waals surface area contributed by atoms with Gasteiger partial charge in [-0.15, -0.1) is 0 Å². The molecule has 2 aromatic rings. The minimum absolute atomic E-state index is 0.0418. The van der Waals surface area contributed by atoms with E-state index < -0.39 is 42.4 Å². The van der Waals surface area contributed by atoms with Crippen LogP contribution in [0, 0.1) is 0 Å². The fourth-order valence-corrected chi connectivity index (χ4v) is 2.82. The Bertz CT molecular complexity index is 1020. The summed E-state index contributed by atoms with van der Waals surface area (Å²) >= 11 is 0. The van der Waals surface area contributed by atoms with Crippen molar-refractivity contribution in [2.45, 2.75) is 32.4 Å². The summed E-state index contributed by atoms with van der Waals surface area (Å²) in [4.78, 5) is 33.4. The summed E-state index contributed by atoms with van der Waals surface area (Å²) in [6.45, 7) is 1.39. The third kappa shape index (κ3) is 8.02. The fourth-order valence-electron chi connectivity index (χ4n) is 2.82. The number of halogens is 3. The number of ketones is 1. The molecule has 0 unspecified atom stereocenters. The van der Waals surface area contributed by atoms with Crippen molar-refractivity contribution in [1.29, 1.82) is 0 Å². The van der Waals surface area contributed by atoms with Crippen molar-refractivity contribution in [3.63, 3.8) is 0 Å². The number of carboxylic acid groups (broad SMARTS) is 1. The highest BCUT2D eigenvalue weighted by molar-refractivity contribution is 6.36. The van der Waals surface area contributed by atoms with E-state index in [2.05, 4.69) is 5.32 Å². The number of phenols is 1. The van der Waals surface area contributed by atoms with Crippen molar-refractivity contribution < 1.29 is 47.2 Å². The van der Waals surface area contributed by atoms with Gasteiger partial charge in [-0.3, -0.25) is 9.59 Å². The number of amides is 1. The molecule has 178 valence electrons. The molecule has 2 aromatic carbocycles. The molecule has 3 N–H and O–H groups in total. The molecule has 0 saturated heterocycles. The zero-order valence-corrected chi connectivity index (χ0v) is 17.6. The molecule has 0 aliphatic carbocycles. The Labute approximate surface area is 186 Å². The van der Waals surface area contributed by atoms with Crippen LogP contribution in [-0.2, 0) is 16.0 Å². The first-order valence-corrected chi connectivity index (χ1v) is 9.80. The minimum atomic E-state index is -4.44. The second-order valence-corrected chi connectivity index (χ2v) is 6.95. The van der Waals surface area contributed by atoms with Crippen LogP contribution in [0.5, 0.6) is 17.2 Å². The third-order valence-corrected chi connectivity index (χ3v) is 4.38. The summed E-state index contributed by atoms with van der Waals surface area (Å²) in [6, 6.07) is 8.68. The van der Waals surface area contributed by atoms with E-state index in [1.54, 1.807) is 12.1 Å². The van der Waals surface area contributed by atoms with Gasteiger partial charge in [0.05, 0.1) is 18.8 Å². The average Bonchev–Trinajstić information content (AvgIpc) is 2.72. The lowest BCUT2D eigenvalue weighted by atomic mass is 10.0. The van der Waals surface area contributed by atoms with E-state index in [0.29, 0.717) is 12.2 Å². The van der Waals surface area contributed by atoms with Crippen LogP contribution < -0.4 is 14.8 Å². The highest BCUT2D eigenvalue weighted by Crippen LogP contribution is 2.35. The number of nitrogens with one attached hydrogen (secondary N) is 1. The van der Waals surface area contributed by atoms with Crippen LogP contribution in [0.25, 0.3) is 0 Å². The Morgan fingerprint density at radius 2 is 1.76 bits per heavy atom. The van der Waals surface area contributed by atoms with Crippen molar-refractivity contribution in [3.05, 3.63) is 47.5 Å². The van der Waals surface area contributed by atoms with Gasteiger partial charge in [0.2, 0.25) is 0 Å². The number of phenolic OH excluding ortho intramolecular Hbond substituents is 1. The predicted molar refractivity (Wildman–Crippen MR) is 111 cm³/mol. The van der Waals surface area contributed by atoms with E-state index in [-0.39, 0.29) is 35.8 Å². The standard InChI is InChI=1S/C22H22F3NO7/c1-13(27)16-6-7-18(17(19(16)28)8-9-22(23,24)25)33-11-3-10-32-15-5-2-4-14(12-15)26-20(29)21(30)31/h2,4-7,12,28H,3,8-11H2,1H3,(H,26,29)(H,30,31). The first-order chi connectivity index (χ1) is 15.5. The molecule has 2 rings (SSSR count). The normalized spacial score (nSPS) is 11.0. The number of carbonyl (C=O) groups is 3. The molecule has 0 bridgehead atoms. The van der Waals surface area contributed by atoms with Crippen LogP contribution in [0.15, 0.2) is 36.4 Å². The van der Waals surface area contributed by atoms with Crippen molar-refractivity contribution in [3.8, 4) is 17.2 Å². The maximum Gasteiger partial charge on any atom is 0.394 e. The van der Waals surface area contributed by atoms with Gasteiger partial charge in [-0.1, -0.05) is 6.07 Å². The maximum atomic E-state index is 12.7. The predicted octanol–water partition coefficient (Wildman–Crippen LogP) is 3.96. The molecule has 0 radical (unpaired) electrons. The number of aliphatic carboxylic acids is 1. The molecule has 11 heteroatoms. The molecule has 8 nitrogen and oxygen atoms in total. The molecular weight excluding hydrogens is 447 g/mol. The highest BCUT2D eigenvalue weighted by atomic mass is 19.4. The molecular formula is C22H22F3NO7. The second kappa shape index (κ2) is 11.2. The fraction of sp³-hybridized carbons (Fsp3) is 0.318. The summed E-state index contributed by atoms with van der Waals surface area (Å²) in [7, 11) is 0. The summed E-state index contributed by atoms with van der Waals surface area (Å²) in [5, 5.41) is 21.0. The lowest BCUT2D eigenvalue weighted by molar-refractivity contribution is -0.147. The zero-order chi connectivity index (χ0) is 24.6. The summed E-state index contributed by atoms with van der Waals surface area (Å²) in [5.74, 6) is -3.44. The van der Waals surface area contributed by atoms with Crippen molar-refractivity contribution in [2.24, 2.45) is 0 Å². The maximum absolute atomic E-state index is 12.7. The third-order valence-electron chi connectivity index (χ3n) is 4.38. The second-order valence-electron chi connectivity index (χ2n) is 6.95. The van der Waals surface area contributed by atoms with E-state index in [4.69, 9.17) is 14.6 Å². The topological polar surface area (TPSA) is 122 Å². The van der Waals surface area contributed by atoms with E-state index in [1.165, 1.54) is 31.2 Å². The van der Waals surface area contributed by atoms with Gasteiger partial charge in [0.25, 0.3) is 0 Å².